The molecule has 4 atom stereocenters. The molecule has 10 nitrogen and oxygen atoms in total. The van der Waals surface area contributed by atoms with Gasteiger partial charge in [-0.05, 0) is 42.8 Å². The Bertz CT molecular complexity index is 1720. The number of carbonyl (C=O) groups is 3. The molecular formula is C32H26FN5O5. The number of alkyl halides is 1. The van der Waals surface area contributed by atoms with Crippen molar-refractivity contribution >= 4 is 34.8 Å². The molecule has 216 valence electrons. The Morgan fingerprint density at radius 1 is 0.837 bits per heavy atom. The van der Waals surface area contributed by atoms with Crippen molar-refractivity contribution in [1.29, 1.82) is 0 Å². The lowest BCUT2D eigenvalue weighted by molar-refractivity contribution is -0.0296. The van der Waals surface area contributed by atoms with Crippen LogP contribution in [0.5, 0.6) is 0 Å². The van der Waals surface area contributed by atoms with Gasteiger partial charge < -0.3 is 9.47 Å². The van der Waals surface area contributed by atoms with E-state index < -0.39 is 42.4 Å². The van der Waals surface area contributed by atoms with Crippen LogP contribution in [-0.2, 0) is 9.47 Å². The fourth-order valence-corrected chi connectivity index (χ4v) is 5.05. The predicted molar refractivity (Wildman–Crippen MR) is 154 cm³/mol. The minimum absolute atomic E-state index is 0.0704. The highest BCUT2D eigenvalue weighted by Gasteiger charge is 2.48. The van der Waals surface area contributed by atoms with E-state index in [9.17, 15) is 14.4 Å². The van der Waals surface area contributed by atoms with Crippen molar-refractivity contribution in [3.8, 4) is 0 Å². The summed E-state index contributed by atoms with van der Waals surface area (Å²) in [6.07, 6.45) is -2.06. The molecule has 3 aromatic carbocycles. The van der Waals surface area contributed by atoms with Crippen LogP contribution in [-0.4, -0.2) is 55.7 Å². The average molecular weight is 580 g/mol. The summed E-state index contributed by atoms with van der Waals surface area (Å²) in [7, 11) is 0. The summed E-state index contributed by atoms with van der Waals surface area (Å²) in [6.45, 7) is 1.80. The summed E-state index contributed by atoms with van der Waals surface area (Å²) in [5.41, 5.74) is 1.04. The smallest absolute Gasteiger partial charge is 0.338 e. The highest BCUT2D eigenvalue weighted by atomic mass is 19.1. The summed E-state index contributed by atoms with van der Waals surface area (Å²) < 4.78 is 29.0. The topological polar surface area (TPSA) is 117 Å². The van der Waals surface area contributed by atoms with E-state index in [1.165, 1.54) is 17.2 Å². The van der Waals surface area contributed by atoms with E-state index in [4.69, 9.17) is 9.47 Å². The van der Waals surface area contributed by atoms with Crippen molar-refractivity contribution < 1.29 is 28.2 Å². The number of rotatable bonds is 7. The van der Waals surface area contributed by atoms with E-state index in [-0.39, 0.29) is 28.1 Å². The number of ether oxygens (including phenoxy) is 2. The van der Waals surface area contributed by atoms with Gasteiger partial charge in [0.2, 0.25) is 0 Å². The molecule has 0 spiro atoms. The average Bonchev–Trinajstić information content (AvgIpc) is 3.63. The van der Waals surface area contributed by atoms with Crippen LogP contribution >= 0.6 is 0 Å². The van der Waals surface area contributed by atoms with Crippen molar-refractivity contribution in [2.75, 3.05) is 4.90 Å². The second-order valence-corrected chi connectivity index (χ2v) is 9.85. The van der Waals surface area contributed by atoms with Gasteiger partial charge in [-0.25, -0.2) is 29.0 Å². The Balaban J connectivity index is 1.37. The molecule has 1 aliphatic heterocycles. The molecule has 0 bridgehead atoms. The monoisotopic (exact) mass is 579 g/mol. The Hall–Kier alpha value is -5.29. The van der Waals surface area contributed by atoms with E-state index in [0.717, 1.165) is 4.90 Å². The van der Waals surface area contributed by atoms with Gasteiger partial charge >= 0.3 is 5.97 Å². The maximum atomic E-state index is 16.0. The van der Waals surface area contributed by atoms with Gasteiger partial charge in [-0.2, -0.15) is 0 Å². The number of anilines is 1. The molecule has 0 aliphatic carbocycles. The highest BCUT2D eigenvalue weighted by molar-refractivity contribution is 6.27. The molecular weight excluding hydrogens is 553 g/mol. The van der Waals surface area contributed by atoms with E-state index in [1.54, 1.807) is 97.9 Å². The first kappa shape index (κ1) is 27.9. The molecule has 11 heteroatoms. The Kier molecular flexibility index (Phi) is 7.71. The van der Waals surface area contributed by atoms with Gasteiger partial charge in [0.15, 0.2) is 35.5 Å². The normalized spacial score (nSPS) is 19.7. The first-order chi connectivity index (χ1) is 21.0. The van der Waals surface area contributed by atoms with E-state index in [1.807, 2.05) is 0 Å². The number of esters is 1. The van der Waals surface area contributed by atoms with Gasteiger partial charge in [-0.1, -0.05) is 61.5 Å². The number of fused-ring (bicyclic) bond motifs is 1. The molecule has 1 saturated heterocycles. The largest absolute Gasteiger partial charge is 0.453 e. The quantitative estimate of drug-likeness (QED) is 0.191. The molecule has 43 heavy (non-hydrogen) atoms. The molecule has 0 unspecified atom stereocenters. The molecule has 2 aromatic heterocycles. The number of nitrogens with zero attached hydrogens (tertiary/aromatic N) is 5. The van der Waals surface area contributed by atoms with Gasteiger partial charge in [0.25, 0.3) is 11.8 Å². The number of imide groups is 1. The lowest BCUT2D eigenvalue weighted by Gasteiger charge is -2.21. The third-order valence-electron chi connectivity index (χ3n) is 7.19. The zero-order chi connectivity index (χ0) is 29.9. The van der Waals surface area contributed by atoms with Crippen molar-refractivity contribution in [2.24, 2.45) is 0 Å². The third kappa shape index (κ3) is 5.26. The lowest BCUT2D eigenvalue weighted by Crippen LogP contribution is -2.38. The number of imidazole rings is 1. The van der Waals surface area contributed by atoms with Crippen molar-refractivity contribution in [3.63, 3.8) is 0 Å². The maximum Gasteiger partial charge on any atom is 0.338 e. The molecule has 0 N–H and O–H groups in total. The Morgan fingerprint density at radius 2 is 1.40 bits per heavy atom. The minimum Gasteiger partial charge on any atom is -0.453 e. The van der Waals surface area contributed by atoms with Crippen molar-refractivity contribution in [2.45, 2.75) is 38.0 Å². The van der Waals surface area contributed by atoms with Crippen LogP contribution in [0, 0.1) is 0 Å². The number of hydrogen-bond donors (Lipinski definition) is 0. The lowest BCUT2D eigenvalue weighted by atomic mass is 10.1. The van der Waals surface area contributed by atoms with Gasteiger partial charge in [-0.3, -0.25) is 14.2 Å². The second kappa shape index (κ2) is 11.9. The zero-order valence-electron chi connectivity index (χ0n) is 23.0. The fourth-order valence-electron chi connectivity index (χ4n) is 5.05. The zero-order valence-corrected chi connectivity index (χ0v) is 23.0. The number of amides is 2. The number of aromatic nitrogens is 4. The predicted octanol–water partition coefficient (Wildman–Crippen LogP) is 5.18. The first-order valence-corrected chi connectivity index (χ1v) is 13.7. The highest BCUT2D eigenvalue weighted by Crippen LogP contribution is 2.38. The summed E-state index contributed by atoms with van der Waals surface area (Å²) in [4.78, 5) is 54.1. The molecule has 1 fully saturated rings. The van der Waals surface area contributed by atoms with E-state index in [2.05, 4.69) is 15.0 Å². The van der Waals surface area contributed by atoms with Crippen LogP contribution in [0.2, 0.25) is 0 Å². The van der Waals surface area contributed by atoms with Crippen LogP contribution in [0.4, 0.5) is 10.2 Å². The maximum absolute atomic E-state index is 16.0. The standard InChI is InChI=1S/C32H26FN5O5/c1-2-23-26(43-32(41)22-16-10-5-11-17-22)24(33)31(42-23)37-19-36-25-27(37)34-18-35-28(25)38(29(39)20-12-6-3-7-13-20)30(40)21-14-8-4-9-15-21/h3-19,23-24,26,31H,2H2,1H3/t23-,24+,26-,31-/m1/s1. The number of carbonyl (C=O) groups excluding carboxylic acids is 3. The van der Waals surface area contributed by atoms with Crippen LogP contribution in [0.3, 0.4) is 0 Å². The first-order valence-electron chi connectivity index (χ1n) is 13.7. The van der Waals surface area contributed by atoms with E-state index >= 15 is 4.39 Å². The Labute approximate surface area is 245 Å². The van der Waals surface area contributed by atoms with Crippen LogP contribution in [0.25, 0.3) is 11.2 Å². The van der Waals surface area contributed by atoms with Gasteiger partial charge in [0, 0.05) is 11.1 Å². The fraction of sp³-hybridized carbons (Fsp3) is 0.188. The van der Waals surface area contributed by atoms with Crippen LogP contribution in [0.15, 0.2) is 104 Å². The summed E-state index contributed by atoms with van der Waals surface area (Å²) in [6, 6.07) is 24.9. The molecule has 1 aliphatic rings. The number of benzene rings is 3. The Morgan fingerprint density at radius 3 is 1.95 bits per heavy atom. The number of hydrogen-bond acceptors (Lipinski definition) is 8. The van der Waals surface area contributed by atoms with Crippen LogP contribution in [0.1, 0.15) is 50.6 Å². The molecule has 6 rings (SSSR count). The van der Waals surface area contributed by atoms with Gasteiger partial charge in [0.05, 0.1) is 11.9 Å². The third-order valence-corrected chi connectivity index (χ3v) is 7.19. The van der Waals surface area contributed by atoms with Crippen LogP contribution < -0.4 is 4.90 Å². The summed E-state index contributed by atoms with van der Waals surface area (Å²) >= 11 is 0. The SMILES string of the molecule is CC[C@H]1O[C@@H](n2cnc3c(N(C(=O)c4ccccc4)C(=O)c4ccccc4)ncnc32)[C@@H](F)[C@@H]1OC(=O)c1ccccc1. The molecule has 5 aromatic rings. The second-order valence-electron chi connectivity index (χ2n) is 9.85. The minimum atomic E-state index is -1.76. The molecule has 0 saturated carbocycles. The van der Waals surface area contributed by atoms with Gasteiger partial charge in [0.1, 0.15) is 12.4 Å². The summed E-state index contributed by atoms with van der Waals surface area (Å²) in [5, 5.41) is 0. The van der Waals surface area contributed by atoms with E-state index in [0.29, 0.717) is 12.0 Å². The molecule has 0 radical (unpaired) electrons. The molecule has 2 amide bonds. The van der Waals surface area contributed by atoms with Crippen molar-refractivity contribution in [1.82, 2.24) is 19.5 Å². The summed E-state index contributed by atoms with van der Waals surface area (Å²) in [5.74, 6) is -1.98. The number of halogens is 1. The van der Waals surface area contributed by atoms with Crippen molar-refractivity contribution in [3.05, 3.63) is 120 Å². The molecule has 3 heterocycles. The van der Waals surface area contributed by atoms with Gasteiger partial charge in [-0.15, -0.1) is 0 Å².